The Morgan fingerprint density at radius 2 is 2.19 bits per heavy atom. The molecule has 1 fully saturated rings. The minimum atomic E-state index is 0.472. The first-order chi connectivity index (χ1) is 7.68. The molecule has 0 aromatic carbocycles. The van der Waals surface area contributed by atoms with E-state index in [2.05, 4.69) is 25.8 Å². The predicted octanol–water partition coefficient (Wildman–Crippen LogP) is 3.11. The molecule has 1 aliphatic rings. The van der Waals surface area contributed by atoms with Crippen LogP contribution in [0.25, 0.3) is 0 Å². The molecule has 88 valence electrons. The first kappa shape index (κ1) is 12.1. The lowest BCUT2D eigenvalue weighted by atomic mass is 10.1. The van der Waals surface area contributed by atoms with Crippen molar-refractivity contribution in [3.63, 3.8) is 0 Å². The van der Waals surface area contributed by atoms with E-state index in [1.807, 2.05) is 13.1 Å². The van der Waals surface area contributed by atoms with Gasteiger partial charge in [-0.15, -0.1) is 0 Å². The summed E-state index contributed by atoms with van der Waals surface area (Å²) in [6.45, 7) is 1.65. The van der Waals surface area contributed by atoms with Gasteiger partial charge in [-0.1, -0.05) is 11.6 Å². The van der Waals surface area contributed by atoms with Crippen molar-refractivity contribution in [2.45, 2.75) is 18.9 Å². The lowest BCUT2D eigenvalue weighted by Gasteiger charge is -2.32. The van der Waals surface area contributed by atoms with Crippen LogP contribution in [-0.4, -0.2) is 31.3 Å². The molecule has 0 amide bonds. The zero-order valence-corrected chi connectivity index (χ0v) is 11.5. The lowest BCUT2D eigenvalue weighted by Crippen LogP contribution is -2.37. The van der Waals surface area contributed by atoms with Crippen LogP contribution in [0.1, 0.15) is 12.8 Å². The Hall–Kier alpha value is -0.320. The summed E-state index contributed by atoms with van der Waals surface area (Å²) in [7, 11) is 2.04. The number of hydrogen-bond donors (Lipinski definition) is 0. The van der Waals surface area contributed by atoms with E-state index >= 15 is 0 Å². The molecule has 2 heterocycles. The molecule has 16 heavy (non-hydrogen) atoms. The van der Waals surface area contributed by atoms with Crippen molar-refractivity contribution in [3.05, 3.63) is 21.8 Å². The van der Waals surface area contributed by atoms with Gasteiger partial charge < -0.3 is 9.64 Å². The maximum Gasteiger partial charge on any atom is 0.147 e. The van der Waals surface area contributed by atoms with E-state index in [4.69, 9.17) is 16.3 Å². The van der Waals surface area contributed by atoms with Crippen LogP contribution in [0.5, 0.6) is 0 Å². The fourth-order valence-electron chi connectivity index (χ4n) is 1.91. The zero-order valence-electron chi connectivity index (χ0n) is 9.12. The molecule has 3 nitrogen and oxygen atoms in total. The van der Waals surface area contributed by atoms with E-state index in [0.717, 1.165) is 36.3 Å². The molecular weight excluding hydrogens is 291 g/mol. The van der Waals surface area contributed by atoms with Crippen molar-refractivity contribution in [2.24, 2.45) is 0 Å². The minimum absolute atomic E-state index is 0.472. The summed E-state index contributed by atoms with van der Waals surface area (Å²) in [4.78, 5) is 6.51. The number of rotatable bonds is 2. The second-order valence-corrected chi connectivity index (χ2v) is 5.24. The average molecular weight is 306 g/mol. The van der Waals surface area contributed by atoms with Gasteiger partial charge in [0.15, 0.2) is 0 Å². The topological polar surface area (TPSA) is 25.4 Å². The first-order valence-corrected chi connectivity index (χ1v) is 6.47. The minimum Gasteiger partial charge on any atom is -0.381 e. The Labute approximate surface area is 109 Å². The molecule has 1 saturated heterocycles. The van der Waals surface area contributed by atoms with Gasteiger partial charge in [0.05, 0.1) is 5.02 Å². The van der Waals surface area contributed by atoms with Gasteiger partial charge in [0, 0.05) is 37.0 Å². The van der Waals surface area contributed by atoms with Gasteiger partial charge in [-0.05, 0) is 34.8 Å². The summed E-state index contributed by atoms with van der Waals surface area (Å²) < 4.78 is 6.25. The molecule has 0 aliphatic carbocycles. The molecule has 0 bridgehead atoms. The molecule has 0 saturated carbocycles. The molecule has 0 atom stereocenters. The third kappa shape index (κ3) is 2.67. The fourth-order valence-corrected chi connectivity index (χ4v) is 2.68. The van der Waals surface area contributed by atoms with E-state index in [1.54, 1.807) is 6.20 Å². The van der Waals surface area contributed by atoms with Crippen LogP contribution in [0, 0.1) is 0 Å². The van der Waals surface area contributed by atoms with E-state index in [1.165, 1.54) is 0 Å². The molecule has 1 aromatic rings. The summed E-state index contributed by atoms with van der Waals surface area (Å²) in [5.41, 5.74) is 0. The fraction of sp³-hybridized carbons (Fsp3) is 0.545. The number of pyridine rings is 1. The van der Waals surface area contributed by atoms with Crippen LogP contribution in [0.3, 0.4) is 0 Å². The van der Waals surface area contributed by atoms with Gasteiger partial charge in [-0.3, -0.25) is 0 Å². The Bertz CT molecular complexity index is 369. The second-order valence-electron chi connectivity index (χ2n) is 3.91. The number of ether oxygens (including phenoxy) is 1. The third-order valence-electron chi connectivity index (χ3n) is 2.86. The number of hydrogen-bond acceptors (Lipinski definition) is 3. The van der Waals surface area contributed by atoms with E-state index in [-0.39, 0.29) is 0 Å². The summed E-state index contributed by atoms with van der Waals surface area (Å²) in [6, 6.07) is 2.35. The van der Waals surface area contributed by atoms with E-state index in [9.17, 15) is 0 Å². The van der Waals surface area contributed by atoms with Crippen molar-refractivity contribution >= 4 is 33.3 Å². The summed E-state index contributed by atoms with van der Waals surface area (Å²) in [5, 5.41) is 0.684. The van der Waals surface area contributed by atoms with Crippen LogP contribution in [0.15, 0.2) is 16.7 Å². The molecule has 1 aromatic heterocycles. The van der Waals surface area contributed by atoms with Crippen molar-refractivity contribution < 1.29 is 4.74 Å². The van der Waals surface area contributed by atoms with Crippen molar-refractivity contribution in [2.75, 3.05) is 25.2 Å². The zero-order chi connectivity index (χ0) is 11.5. The third-order valence-corrected chi connectivity index (χ3v) is 3.57. The number of aromatic nitrogens is 1. The summed E-state index contributed by atoms with van der Waals surface area (Å²) in [6.07, 6.45) is 3.84. The first-order valence-electron chi connectivity index (χ1n) is 5.30. The molecule has 0 unspecified atom stereocenters. The lowest BCUT2D eigenvalue weighted by molar-refractivity contribution is 0.0853. The quantitative estimate of drug-likeness (QED) is 0.839. The van der Waals surface area contributed by atoms with Crippen LogP contribution < -0.4 is 4.90 Å². The Morgan fingerprint density at radius 1 is 1.50 bits per heavy atom. The van der Waals surface area contributed by atoms with Crippen LogP contribution in [0.2, 0.25) is 5.02 Å². The second kappa shape index (κ2) is 5.34. The van der Waals surface area contributed by atoms with Gasteiger partial charge in [-0.25, -0.2) is 4.98 Å². The predicted molar refractivity (Wildman–Crippen MR) is 69.2 cm³/mol. The maximum atomic E-state index is 6.18. The molecule has 0 radical (unpaired) electrons. The smallest absolute Gasteiger partial charge is 0.147 e. The Morgan fingerprint density at radius 3 is 2.81 bits per heavy atom. The highest BCUT2D eigenvalue weighted by atomic mass is 79.9. The summed E-state index contributed by atoms with van der Waals surface area (Å²) in [5.74, 6) is 0.844. The van der Waals surface area contributed by atoms with Gasteiger partial charge in [0.1, 0.15) is 5.82 Å². The highest BCUT2D eigenvalue weighted by Gasteiger charge is 2.21. The Balaban J connectivity index is 2.15. The Kier molecular flexibility index (Phi) is 4.05. The highest BCUT2D eigenvalue weighted by Crippen LogP contribution is 2.28. The number of halogens is 2. The standard InChI is InChI=1S/C11H14BrClN2O/c1-15(9-2-4-16-5-3-9)11-10(13)6-8(12)7-14-11/h6-7,9H,2-5H2,1H3. The van der Waals surface area contributed by atoms with Gasteiger partial charge in [-0.2, -0.15) is 0 Å². The van der Waals surface area contributed by atoms with Crippen LogP contribution in [0.4, 0.5) is 5.82 Å². The molecule has 1 aliphatic heterocycles. The van der Waals surface area contributed by atoms with Crippen molar-refractivity contribution in [1.82, 2.24) is 4.98 Å². The largest absolute Gasteiger partial charge is 0.381 e. The number of anilines is 1. The molecule has 2 rings (SSSR count). The van der Waals surface area contributed by atoms with E-state index < -0.39 is 0 Å². The molecule has 5 heteroatoms. The molecule has 0 spiro atoms. The molecular formula is C11H14BrClN2O. The normalized spacial score (nSPS) is 17.4. The average Bonchev–Trinajstić information content (AvgIpc) is 2.29. The van der Waals surface area contributed by atoms with Gasteiger partial charge in [0.25, 0.3) is 0 Å². The van der Waals surface area contributed by atoms with Crippen LogP contribution in [-0.2, 0) is 4.74 Å². The highest BCUT2D eigenvalue weighted by molar-refractivity contribution is 9.10. The monoisotopic (exact) mass is 304 g/mol. The van der Waals surface area contributed by atoms with Crippen molar-refractivity contribution in [1.29, 1.82) is 0 Å². The van der Waals surface area contributed by atoms with E-state index in [0.29, 0.717) is 11.1 Å². The van der Waals surface area contributed by atoms with Gasteiger partial charge >= 0.3 is 0 Å². The molecule has 0 N–H and O–H groups in total. The summed E-state index contributed by atoms with van der Waals surface area (Å²) >= 11 is 9.53. The maximum absolute atomic E-state index is 6.18. The number of nitrogens with zero attached hydrogens (tertiary/aromatic N) is 2. The van der Waals surface area contributed by atoms with Crippen molar-refractivity contribution in [3.8, 4) is 0 Å². The van der Waals surface area contributed by atoms with Gasteiger partial charge in [0.2, 0.25) is 0 Å². The van der Waals surface area contributed by atoms with Crippen LogP contribution >= 0.6 is 27.5 Å². The SMILES string of the molecule is CN(c1ncc(Br)cc1Cl)C1CCOCC1.